The van der Waals surface area contributed by atoms with Gasteiger partial charge in [0.05, 0.1) is 15.1 Å². The molecule has 0 aliphatic heterocycles. The van der Waals surface area contributed by atoms with E-state index < -0.39 is 21.5 Å². The van der Waals surface area contributed by atoms with Crippen molar-refractivity contribution in [3.05, 3.63) is 52.5 Å². The molecule has 33 heavy (non-hydrogen) atoms. The monoisotopic (exact) mass is 529 g/mol. The number of aromatic nitrogens is 1. The second kappa shape index (κ2) is 11.6. The molecule has 0 spiro atoms. The molecule has 3 aromatic rings. The van der Waals surface area contributed by atoms with Crippen molar-refractivity contribution in [1.82, 2.24) is 9.88 Å². The van der Waals surface area contributed by atoms with Crippen molar-refractivity contribution in [2.24, 2.45) is 0 Å². The number of aryl methyl sites for hydroxylation is 2. The molecule has 6 nitrogen and oxygen atoms in total. The number of carbonyl (C=O) groups excluding carboxylic acids is 1. The predicted molar refractivity (Wildman–Crippen MR) is 140 cm³/mol. The van der Waals surface area contributed by atoms with E-state index in [0.717, 1.165) is 34.4 Å². The number of sulfone groups is 1. The molecule has 0 radical (unpaired) electrons. The lowest BCUT2D eigenvalue weighted by Crippen LogP contribution is -2.41. The lowest BCUT2D eigenvalue weighted by molar-refractivity contribution is -0.116. The van der Waals surface area contributed by atoms with Gasteiger partial charge >= 0.3 is 0 Å². The molecule has 0 fully saturated rings. The van der Waals surface area contributed by atoms with Crippen LogP contribution in [0.5, 0.6) is 0 Å². The highest BCUT2D eigenvalue weighted by Crippen LogP contribution is 2.32. The summed E-state index contributed by atoms with van der Waals surface area (Å²) in [4.78, 5) is 21.8. The minimum atomic E-state index is -3.81. The third-order valence-corrected chi connectivity index (χ3v) is 8.46. The Kier molecular flexibility index (Phi) is 9.70. The Bertz CT molecular complexity index is 1210. The van der Waals surface area contributed by atoms with Gasteiger partial charge in [0.25, 0.3) is 0 Å². The molecule has 3 rings (SSSR count). The number of carbonyl (C=O) groups is 1. The van der Waals surface area contributed by atoms with Crippen molar-refractivity contribution >= 4 is 66.4 Å². The molecule has 0 unspecified atom stereocenters. The number of hydrogen-bond donors (Lipinski definition) is 0. The third-order valence-electron chi connectivity index (χ3n) is 5.36. The average Bonchev–Trinajstić information content (AvgIpc) is 3.15. The largest absolute Gasteiger partial charge is 0.302 e. The number of amides is 1. The lowest BCUT2D eigenvalue weighted by atomic mass is 10.1. The highest BCUT2D eigenvalue weighted by molar-refractivity contribution is 7.92. The third kappa shape index (κ3) is 6.67. The number of fused-ring (bicyclic) bond motifs is 1. The molecule has 0 aliphatic rings. The van der Waals surface area contributed by atoms with Crippen LogP contribution >= 0.6 is 35.3 Å². The first kappa shape index (κ1) is 27.5. The number of thiazole rings is 1. The van der Waals surface area contributed by atoms with Crippen molar-refractivity contribution in [2.75, 3.05) is 36.8 Å². The predicted octanol–water partition coefficient (Wildman–Crippen LogP) is 5.14. The highest BCUT2D eigenvalue weighted by Gasteiger charge is 2.27. The minimum Gasteiger partial charge on any atom is -0.302 e. The Hall–Kier alpha value is -1.71. The fourth-order valence-electron chi connectivity index (χ4n) is 3.55. The summed E-state index contributed by atoms with van der Waals surface area (Å²) in [6, 6.07) is 9.94. The Labute approximate surface area is 210 Å². The SMILES string of the molecule is CCN(CC)CCN(C(=O)CS(=O)(=O)c1ccc(Cl)cc1)c1nc2cc(C)cc(C)c2s1.Cl. The standard InChI is InChI=1S/C23H28ClN3O3S2.ClH/c1-5-26(6-2)11-12-27(23-25-20-14-16(3)13-17(4)22(20)31-23)21(28)15-32(29,30)19-9-7-18(24)8-10-19;/h7-10,13-14H,5-6,11-12,15H2,1-4H3;1H. The number of benzene rings is 2. The quantitative estimate of drug-likeness (QED) is 0.383. The van der Waals surface area contributed by atoms with Crippen molar-refractivity contribution in [3.8, 4) is 0 Å². The molecule has 0 N–H and O–H groups in total. The van der Waals surface area contributed by atoms with Gasteiger partial charge in [-0.1, -0.05) is 42.9 Å². The fourth-order valence-corrected chi connectivity index (χ4v) is 5.94. The molecule has 0 atom stereocenters. The summed E-state index contributed by atoms with van der Waals surface area (Å²) in [5, 5.41) is 0.966. The second-order valence-corrected chi connectivity index (χ2v) is 11.1. The van der Waals surface area contributed by atoms with Crippen LogP contribution in [0, 0.1) is 13.8 Å². The zero-order chi connectivity index (χ0) is 23.5. The van der Waals surface area contributed by atoms with E-state index >= 15 is 0 Å². The van der Waals surface area contributed by atoms with Crippen LogP contribution in [0.4, 0.5) is 5.13 Å². The van der Waals surface area contributed by atoms with Gasteiger partial charge in [-0.3, -0.25) is 9.69 Å². The van der Waals surface area contributed by atoms with Crippen LogP contribution in [0.2, 0.25) is 5.02 Å². The normalized spacial score (nSPS) is 11.6. The smallest absolute Gasteiger partial charge is 0.244 e. The first-order chi connectivity index (χ1) is 15.1. The molecule has 180 valence electrons. The van der Waals surface area contributed by atoms with E-state index in [4.69, 9.17) is 16.6 Å². The van der Waals surface area contributed by atoms with Gasteiger partial charge in [0.15, 0.2) is 15.0 Å². The zero-order valence-electron chi connectivity index (χ0n) is 19.2. The highest BCUT2D eigenvalue weighted by atomic mass is 35.5. The number of likely N-dealkylation sites (N-methyl/N-ethyl adjacent to an activating group) is 1. The molecule has 2 aromatic carbocycles. The number of nitrogens with zero attached hydrogens (tertiary/aromatic N) is 3. The molecular weight excluding hydrogens is 501 g/mol. The number of hydrogen-bond acceptors (Lipinski definition) is 6. The molecule has 10 heteroatoms. The minimum absolute atomic E-state index is 0. The zero-order valence-corrected chi connectivity index (χ0v) is 22.4. The van der Waals surface area contributed by atoms with Crippen LogP contribution < -0.4 is 4.90 Å². The van der Waals surface area contributed by atoms with Crippen LogP contribution in [0.25, 0.3) is 10.2 Å². The van der Waals surface area contributed by atoms with Gasteiger partial charge in [0, 0.05) is 18.1 Å². The summed E-state index contributed by atoms with van der Waals surface area (Å²) >= 11 is 7.30. The molecule has 1 aromatic heterocycles. The Morgan fingerprint density at radius 3 is 2.30 bits per heavy atom. The van der Waals surface area contributed by atoms with E-state index in [-0.39, 0.29) is 17.3 Å². The van der Waals surface area contributed by atoms with E-state index in [1.807, 2.05) is 19.9 Å². The summed E-state index contributed by atoms with van der Waals surface area (Å²) in [7, 11) is -3.81. The van der Waals surface area contributed by atoms with E-state index in [2.05, 4.69) is 24.8 Å². The summed E-state index contributed by atoms with van der Waals surface area (Å²) in [5.41, 5.74) is 3.01. The second-order valence-electron chi connectivity index (χ2n) is 7.71. The van der Waals surface area contributed by atoms with Crippen molar-refractivity contribution in [3.63, 3.8) is 0 Å². The van der Waals surface area contributed by atoms with Crippen molar-refractivity contribution in [1.29, 1.82) is 0 Å². The van der Waals surface area contributed by atoms with E-state index in [1.165, 1.54) is 40.5 Å². The summed E-state index contributed by atoms with van der Waals surface area (Å²) in [6.45, 7) is 10.8. The van der Waals surface area contributed by atoms with Crippen LogP contribution in [0.15, 0.2) is 41.3 Å². The maximum Gasteiger partial charge on any atom is 0.244 e. The number of rotatable bonds is 9. The van der Waals surface area contributed by atoms with Crippen LogP contribution in [0.3, 0.4) is 0 Å². The van der Waals surface area contributed by atoms with E-state index in [9.17, 15) is 13.2 Å². The summed E-state index contributed by atoms with van der Waals surface area (Å²) in [5.74, 6) is -1.11. The molecule has 1 amide bonds. The van der Waals surface area contributed by atoms with Crippen molar-refractivity contribution in [2.45, 2.75) is 32.6 Å². The first-order valence-electron chi connectivity index (χ1n) is 10.5. The maximum atomic E-state index is 13.3. The topological polar surface area (TPSA) is 70.6 Å². The Morgan fingerprint density at radius 1 is 1.06 bits per heavy atom. The van der Waals surface area contributed by atoms with Gasteiger partial charge < -0.3 is 4.90 Å². The molecular formula is C23H29Cl2N3O3S2. The Morgan fingerprint density at radius 2 is 1.70 bits per heavy atom. The molecule has 0 bridgehead atoms. The van der Waals surface area contributed by atoms with Crippen LogP contribution in [-0.2, 0) is 14.6 Å². The molecule has 1 heterocycles. The number of anilines is 1. The van der Waals surface area contributed by atoms with Crippen LogP contribution in [-0.4, -0.2) is 56.1 Å². The summed E-state index contributed by atoms with van der Waals surface area (Å²) < 4.78 is 26.8. The van der Waals surface area contributed by atoms with Gasteiger partial charge in [-0.2, -0.15) is 0 Å². The van der Waals surface area contributed by atoms with Crippen molar-refractivity contribution < 1.29 is 13.2 Å². The Balaban J connectivity index is 0.00000385. The van der Waals surface area contributed by atoms with E-state index in [1.54, 1.807) is 0 Å². The maximum absolute atomic E-state index is 13.3. The molecule has 0 saturated heterocycles. The van der Waals surface area contributed by atoms with Gasteiger partial charge in [-0.15, -0.1) is 12.4 Å². The van der Waals surface area contributed by atoms with Gasteiger partial charge in [0.2, 0.25) is 5.91 Å². The van der Waals surface area contributed by atoms with Gasteiger partial charge in [0.1, 0.15) is 5.75 Å². The average molecular weight is 531 g/mol. The van der Waals surface area contributed by atoms with Gasteiger partial charge in [-0.05, 0) is 68.4 Å². The first-order valence-corrected chi connectivity index (χ1v) is 13.4. The lowest BCUT2D eigenvalue weighted by Gasteiger charge is -2.24. The molecule has 0 aliphatic carbocycles. The van der Waals surface area contributed by atoms with E-state index in [0.29, 0.717) is 23.2 Å². The number of halogens is 2. The fraction of sp³-hybridized carbons (Fsp3) is 0.391. The van der Waals surface area contributed by atoms with Gasteiger partial charge in [-0.25, -0.2) is 13.4 Å². The molecule has 0 saturated carbocycles. The summed E-state index contributed by atoms with van der Waals surface area (Å²) in [6.07, 6.45) is 0. The van der Waals surface area contributed by atoms with Crippen LogP contribution in [0.1, 0.15) is 25.0 Å².